The summed E-state index contributed by atoms with van der Waals surface area (Å²) in [6.45, 7) is 6.12. The quantitative estimate of drug-likeness (QED) is 0.610. The third kappa shape index (κ3) is 5.00. The van der Waals surface area contributed by atoms with Crippen LogP contribution in [-0.4, -0.2) is 5.91 Å². The first-order valence-electron chi connectivity index (χ1n) is 9.47. The lowest BCUT2D eigenvalue weighted by Gasteiger charge is -2.21. The van der Waals surface area contributed by atoms with E-state index in [9.17, 15) is 4.79 Å². The van der Waals surface area contributed by atoms with Gasteiger partial charge in [0, 0.05) is 21.8 Å². The molecule has 144 valence electrons. The normalized spacial score (nSPS) is 13.0. The Morgan fingerprint density at radius 2 is 1.64 bits per heavy atom. The molecule has 0 aromatic heterocycles. The second kappa shape index (κ2) is 9.05. The summed E-state index contributed by atoms with van der Waals surface area (Å²) in [4.78, 5) is 13.2. The summed E-state index contributed by atoms with van der Waals surface area (Å²) >= 11 is 6.15. The molecule has 0 saturated heterocycles. The largest absolute Gasteiger partial charge is 0.326 e. The molecule has 3 rings (SSSR count). The fourth-order valence-corrected chi connectivity index (χ4v) is 3.48. The van der Waals surface area contributed by atoms with Gasteiger partial charge in [0.15, 0.2) is 6.04 Å². The van der Waals surface area contributed by atoms with Gasteiger partial charge in [-0.2, -0.15) is 0 Å². The van der Waals surface area contributed by atoms with Gasteiger partial charge < -0.3 is 10.6 Å². The fourth-order valence-electron chi connectivity index (χ4n) is 3.28. The zero-order valence-electron chi connectivity index (χ0n) is 16.4. The third-order valence-corrected chi connectivity index (χ3v) is 5.18. The zero-order valence-corrected chi connectivity index (χ0v) is 17.2. The Hall–Kier alpha value is -2.62. The van der Waals surface area contributed by atoms with Crippen molar-refractivity contribution in [2.45, 2.75) is 32.9 Å². The van der Waals surface area contributed by atoms with Gasteiger partial charge in [0.05, 0.1) is 0 Å². The maximum atomic E-state index is 13.2. The van der Waals surface area contributed by atoms with Crippen molar-refractivity contribution >= 4 is 23.2 Å². The molecule has 2 atom stereocenters. The van der Waals surface area contributed by atoms with Crippen LogP contribution in [0.2, 0.25) is 5.02 Å². The lowest BCUT2D eigenvalue weighted by atomic mass is 10.0. The highest BCUT2D eigenvalue weighted by Crippen LogP contribution is 2.20. The van der Waals surface area contributed by atoms with Crippen LogP contribution in [0, 0.1) is 13.8 Å². The molecule has 28 heavy (non-hydrogen) atoms. The number of quaternary nitrogens is 1. The number of hydrogen-bond acceptors (Lipinski definition) is 1. The number of carbonyl (C=O) groups is 1. The van der Waals surface area contributed by atoms with Gasteiger partial charge in [-0.15, -0.1) is 0 Å². The Balaban J connectivity index is 1.86. The predicted molar refractivity (Wildman–Crippen MR) is 116 cm³/mol. The summed E-state index contributed by atoms with van der Waals surface area (Å²) in [6.07, 6.45) is 0. The molecule has 0 unspecified atom stereocenters. The highest BCUT2D eigenvalue weighted by Gasteiger charge is 2.27. The van der Waals surface area contributed by atoms with Crippen molar-refractivity contribution in [2.24, 2.45) is 0 Å². The van der Waals surface area contributed by atoms with Crippen molar-refractivity contribution < 1.29 is 10.1 Å². The minimum absolute atomic E-state index is 0.0335. The first-order valence-corrected chi connectivity index (χ1v) is 9.85. The van der Waals surface area contributed by atoms with E-state index in [0.717, 1.165) is 27.9 Å². The van der Waals surface area contributed by atoms with Crippen LogP contribution in [0.25, 0.3) is 0 Å². The molecule has 0 fully saturated rings. The highest BCUT2D eigenvalue weighted by molar-refractivity contribution is 6.30. The number of halogens is 1. The van der Waals surface area contributed by atoms with Gasteiger partial charge in [-0.25, -0.2) is 0 Å². The molecule has 0 saturated carbocycles. The number of benzene rings is 3. The second-order valence-corrected chi connectivity index (χ2v) is 7.67. The van der Waals surface area contributed by atoms with Gasteiger partial charge in [-0.1, -0.05) is 66.2 Å². The molecule has 0 aliphatic rings. The molecule has 3 N–H and O–H groups in total. The standard InChI is InChI=1S/C24H25ClN2O/c1-16-12-13-17(2)22(14-16)27-24(28)23(19-8-5-4-6-9-19)26-18(3)20-10-7-11-21(25)15-20/h4-15,18,23,26H,1-3H3,(H,27,28)/p+1/t18-,23+/m0/s1. The molecular weight excluding hydrogens is 368 g/mol. The monoisotopic (exact) mass is 393 g/mol. The summed E-state index contributed by atoms with van der Waals surface area (Å²) in [5.41, 5.74) is 5.09. The third-order valence-electron chi connectivity index (χ3n) is 4.95. The lowest BCUT2D eigenvalue weighted by Crippen LogP contribution is -2.87. The van der Waals surface area contributed by atoms with Gasteiger partial charge in [-0.3, -0.25) is 4.79 Å². The molecule has 4 heteroatoms. The van der Waals surface area contributed by atoms with Gasteiger partial charge in [0.25, 0.3) is 5.91 Å². The number of anilines is 1. The highest BCUT2D eigenvalue weighted by atomic mass is 35.5. The summed E-state index contributed by atoms with van der Waals surface area (Å²) in [5.74, 6) is -0.0335. The maximum Gasteiger partial charge on any atom is 0.287 e. The van der Waals surface area contributed by atoms with E-state index in [1.54, 1.807) is 0 Å². The van der Waals surface area contributed by atoms with E-state index >= 15 is 0 Å². The molecule has 3 nitrogen and oxygen atoms in total. The molecule has 0 heterocycles. The van der Waals surface area contributed by atoms with Crippen LogP contribution in [0.15, 0.2) is 72.8 Å². The second-order valence-electron chi connectivity index (χ2n) is 7.23. The SMILES string of the molecule is Cc1ccc(C)c(NC(=O)[C@H]([NH2+][C@@H](C)c2cccc(Cl)c2)c2ccccc2)c1. The average Bonchev–Trinajstić information content (AvgIpc) is 2.69. The van der Waals surface area contributed by atoms with Crippen LogP contribution < -0.4 is 10.6 Å². The molecule has 3 aromatic rings. The fraction of sp³-hybridized carbons (Fsp3) is 0.208. The van der Waals surface area contributed by atoms with Gasteiger partial charge in [0.1, 0.15) is 6.04 Å². The van der Waals surface area contributed by atoms with Crippen LogP contribution >= 0.6 is 11.6 Å². The Morgan fingerprint density at radius 1 is 0.929 bits per heavy atom. The summed E-state index contributed by atoms with van der Waals surface area (Å²) in [6, 6.07) is 23.5. The van der Waals surface area contributed by atoms with Gasteiger partial charge >= 0.3 is 0 Å². The summed E-state index contributed by atoms with van der Waals surface area (Å²) in [7, 11) is 0. The molecule has 0 spiro atoms. The van der Waals surface area contributed by atoms with Crippen LogP contribution in [0.1, 0.15) is 41.3 Å². The lowest BCUT2D eigenvalue weighted by molar-refractivity contribution is -0.718. The Bertz CT molecular complexity index is 956. The molecule has 3 aromatic carbocycles. The number of hydrogen-bond donors (Lipinski definition) is 2. The van der Waals surface area contributed by atoms with E-state index in [2.05, 4.69) is 17.6 Å². The zero-order chi connectivity index (χ0) is 20.1. The molecular formula is C24H26ClN2O+. The van der Waals surface area contributed by atoms with Gasteiger partial charge in [0.2, 0.25) is 0 Å². The van der Waals surface area contributed by atoms with Crippen molar-refractivity contribution in [1.29, 1.82) is 0 Å². The van der Waals surface area contributed by atoms with E-state index < -0.39 is 0 Å². The first-order chi connectivity index (χ1) is 13.4. The average molecular weight is 394 g/mol. The van der Waals surface area contributed by atoms with Crippen molar-refractivity contribution in [2.75, 3.05) is 5.32 Å². The van der Waals surface area contributed by atoms with E-state index in [4.69, 9.17) is 11.6 Å². The van der Waals surface area contributed by atoms with Crippen LogP contribution in [0.5, 0.6) is 0 Å². The van der Waals surface area contributed by atoms with E-state index in [-0.39, 0.29) is 18.0 Å². The van der Waals surface area contributed by atoms with Gasteiger partial charge in [-0.05, 0) is 50.1 Å². The van der Waals surface area contributed by atoms with E-state index in [0.29, 0.717) is 5.02 Å². The Labute approximate surface area is 171 Å². The first kappa shape index (κ1) is 20.1. The summed E-state index contributed by atoms with van der Waals surface area (Å²) < 4.78 is 0. The van der Waals surface area contributed by atoms with Crippen LogP contribution in [0.3, 0.4) is 0 Å². The van der Waals surface area contributed by atoms with Crippen molar-refractivity contribution in [1.82, 2.24) is 0 Å². The molecule has 0 bridgehead atoms. The Kier molecular flexibility index (Phi) is 6.50. The number of aryl methyl sites for hydroxylation is 2. The van der Waals surface area contributed by atoms with E-state index in [1.807, 2.05) is 86.6 Å². The van der Waals surface area contributed by atoms with Crippen LogP contribution in [-0.2, 0) is 4.79 Å². The van der Waals surface area contributed by atoms with E-state index in [1.165, 1.54) is 0 Å². The molecule has 0 radical (unpaired) electrons. The molecule has 0 aliphatic carbocycles. The predicted octanol–water partition coefficient (Wildman–Crippen LogP) is 4.96. The number of nitrogens with one attached hydrogen (secondary N) is 1. The smallest absolute Gasteiger partial charge is 0.287 e. The minimum atomic E-state index is -0.366. The minimum Gasteiger partial charge on any atom is -0.326 e. The molecule has 1 amide bonds. The number of amides is 1. The van der Waals surface area contributed by atoms with Crippen LogP contribution in [0.4, 0.5) is 5.69 Å². The summed E-state index contributed by atoms with van der Waals surface area (Å²) in [5, 5.41) is 5.91. The van der Waals surface area contributed by atoms with Crippen molar-refractivity contribution in [3.8, 4) is 0 Å². The van der Waals surface area contributed by atoms with Crippen molar-refractivity contribution in [3.63, 3.8) is 0 Å². The van der Waals surface area contributed by atoms with Crippen molar-refractivity contribution in [3.05, 3.63) is 100 Å². The molecule has 0 aliphatic heterocycles. The number of carbonyl (C=O) groups excluding carboxylic acids is 1. The Morgan fingerprint density at radius 3 is 2.36 bits per heavy atom. The maximum absolute atomic E-state index is 13.2. The topological polar surface area (TPSA) is 45.7 Å². The number of nitrogens with two attached hydrogens (primary N) is 1. The number of rotatable bonds is 6.